The summed E-state index contributed by atoms with van der Waals surface area (Å²) in [5.41, 5.74) is 7.58. The zero-order chi connectivity index (χ0) is 13.8. The number of benzene rings is 1. The zero-order valence-electron chi connectivity index (χ0n) is 11.8. The number of carbonyl (C=O) groups is 1. The molecule has 0 bridgehead atoms. The molecular formula is C14H21ClN4O. The summed E-state index contributed by atoms with van der Waals surface area (Å²) in [5, 5.41) is 2.86. The number of amides is 1. The summed E-state index contributed by atoms with van der Waals surface area (Å²) in [5.74, 6) is 0.570. The molecule has 1 atom stereocenters. The summed E-state index contributed by atoms with van der Waals surface area (Å²) >= 11 is 0. The highest BCUT2D eigenvalue weighted by molar-refractivity contribution is 5.91. The van der Waals surface area contributed by atoms with Crippen molar-refractivity contribution >= 4 is 35.3 Å². The molecule has 0 spiro atoms. The van der Waals surface area contributed by atoms with Crippen molar-refractivity contribution in [3.05, 3.63) is 24.3 Å². The Hall–Kier alpha value is -1.59. The molecule has 0 radical (unpaired) electrons. The number of hydrogen-bond acceptors (Lipinski definition) is 3. The number of halogens is 1. The van der Waals surface area contributed by atoms with E-state index in [-0.39, 0.29) is 24.4 Å². The number of aryl methyl sites for hydroxylation is 1. The molecule has 2 rings (SSSR count). The summed E-state index contributed by atoms with van der Waals surface area (Å²) in [6, 6.07) is 7.90. The van der Waals surface area contributed by atoms with E-state index in [9.17, 15) is 4.79 Å². The van der Waals surface area contributed by atoms with Crippen LogP contribution in [0, 0.1) is 0 Å². The third-order valence-electron chi connectivity index (χ3n) is 3.05. The zero-order valence-corrected chi connectivity index (χ0v) is 12.6. The largest absolute Gasteiger partial charge is 0.328 e. The van der Waals surface area contributed by atoms with Gasteiger partial charge >= 0.3 is 0 Å². The molecule has 1 heterocycles. The molecule has 1 amide bonds. The Bertz CT molecular complexity index is 580. The molecule has 3 N–H and O–H groups in total. The molecule has 0 saturated carbocycles. The third kappa shape index (κ3) is 3.71. The maximum atomic E-state index is 11.8. The lowest BCUT2D eigenvalue weighted by atomic mass is 10.2. The minimum absolute atomic E-state index is 0. The van der Waals surface area contributed by atoms with Gasteiger partial charge in [-0.15, -0.1) is 12.4 Å². The van der Waals surface area contributed by atoms with E-state index in [1.165, 1.54) is 0 Å². The number of hydrogen-bond donors (Lipinski definition) is 2. The Balaban J connectivity index is 0.00000200. The van der Waals surface area contributed by atoms with Crippen LogP contribution in [0.5, 0.6) is 0 Å². The Morgan fingerprint density at radius 1 is 1.45 bits per heavy atom. The van der Waals surface area contributed by atoms with Crippen molar-refractivity contribution in [2.45, 2.75) is 39.3 Å². The van der Waals surface area contributed by atoms with Crippen LogP contribution in [0.2, 0.25) is 0 Å². The fourth-order valence-electron chi connectivity index (χ4n) is 2.04. The van der Waals surface area contributed by atoms with E-state index in [4.69, 9.17) is 5.73 Å². The first-order valence-corrected chi connectivity index (χ1v) is 6.62. The van der Waals surface area contributed by atoms with Gasteiger partial charge in [-0.2, -0.15) is 0 Å². The second-order valence-electron chi connectivity index (χ2n) is 4.73. The normalized spacial score (nSPS) is 11.9. The SMILES string of the molecule is CCn1c(NC(=O)CCC(C)N)nc2ccccc21.Cl. The maximum absolute atomic E-state index is 11.8. The van der Waals surface area contributed by atoms with Gasteiger partial charge in [0, 0.05) is 19.0 Å². The predicted octanol–water partition coefficient (Wildman–Crippen LogP) is 2.54. The molecule has 5 nitrogen and oxygen atoms in total. The van der Waals surface area contributed by atoms with Crippen LogP contribution in [0.4, 0.5) is 5.95 Å². The van der Waals surface area contributed by atoms with Crippen LogP contribution in [-0.4, -0.2) is 21.5 Å². The van der Waals surface area contributed by atoms with E-state index < -0.39 is 0 Å². The van der Waals surface area contributed by atoms with Crippen molar-refractivity contribution in [2.75, 3.05) is 5.32 Å². The average Bonchev–Trinajstić information content (AvgIpc) is 2.73. The van der Waals surface area contributed by atoms with Gasteiger partial charge in [-0.3, -0.25) is 10.1 Å². The summed E-state index contributed by atoms with van der Waals surface area (Å²) in [6.45, 7) is 4.70. The number of nitrogens with one attached hydrogen (secondary N) is 1. The molecule has 0 aliphatic carbocycles. The van der Waals surface area contributed by atoms with Gasteiger partial charge in [0.1, 0.15) is 0 Å². The highest BCUT2D eigenvalue weighted by Gasteiger charge is 2.12. The van der Waals surface area contributed by atoms with Crippen LogP contribution in [0.15, 0.2) is 24.3 Å². The van der Waals surface area contributed by atoms with Crippen molar-refractivity contribution < 1.29 is 4.79 Å². The number of aromatic nitrogens is 2. The fraction of sp³-hybridized carbons (Fsp3) is 0.429. The highest BCUT2D eigenvalue weighted by atomic mass is 35.5. The second-order valence-corrected chi connectivity index (χ2v) is 4.73. The first kappa shape index (κ1) is 16.5. The number of anilines is 1. The number of para-hydroxylation sites is 2. The molecule has 1 unspecified atom stereocenters. The first-order chi connectivity index (χ1) is 9.11. The molecule has 0 fully saturated rings. The standard InChI is InChI=1S/C14H20N4O.ClH/c1-3-18-12-7-5-4-6-11(12)16-14(18)17-13(19)9-8-10(2)15;/h4-7,10H,3,8-9,15H2,1-2H3,(H,16,17,19);1H. The molecule has 0 aliphatic rings. The molecular weight excluding hydrogens is 276 g/mol. The van der Waals surface area contributed by atoms with E-state index in [0.717, 1.165) is 17.6 Å². The molecule has 0 aliphatic heterocycles. The van der Waals surface area contributed by atoms with E-state index in [1.807, 2.05) is 42.7 Å². The van der Waals surface area contributed by atoms with Crippen LogP contribution >= 0.6 is 12.4 Å². The predicted molar refractivity (Wildman–Crippen MR) is 84.2 cm³/mol. The molecule has 110 valence electrons. The van der Waals surface area contributed by atoms with Crippen LogP contribution < -0.4 is 11.1 Å². The van der Waals surface area contributed by atoms with Gasteiger partial charge in [0.15, 0.2) is 0 Å². The smallest absolute Gasteiger partial charge is 0.226 e. The Morgan fingerprint density at radius 2 is 2.15 bits per heavy atom. The number of carbonyl (C=O) groups excluding carboxylic acids is 1. The molecule has 2 aromatic rings. The van der Waals surface area contributed by atoms with E-state index >= 15 is 0 Å². The third-order valence-corrected chi connectivity index (χ3v) is 3.05. The Kier molecular flexibility index (Phi) is 5.98. The number of rotatable bonds is 5. The minimum atomic E-state index is -0.0395. The number of nitrogens with two attached hydrogens (primary N) is 1. The van der Waals surface area contributed by atoms with Gasteiger partial charge in [-0.05, 0) is 32.4 Å². The average molecular weight is 297 g/mol. The van der Waals surface area contributed by atoms with Gasteiger partial charge in [0.05, 0.1) is 11.0 Å². The number of nitrogens with zero attached hydrogens (tertiary/aromatic N) is 2. The van der Waals surface area contributed by atoms with Crippen molar-refractivity contribution in [3.8, 4) is 0 Å². The molecule has 0 saturated heterocycles. The fourth-order valence-corrected chi connectivity index (χ4v) is 2.04. The van der Waals surface area contributed by atoms with Crippen molar-refractivity contribution in [2.24, 2.45) is 5.73 Å². The topological polar surface area (TPSA) is 72.9 Å². The molecule has 1 aromatic heterocycles. The molecule has 1 aromatic carbocycles. The number of imidazole rings is 1. The Labute approximate surface area is 125 Å². The van der Waals surface area contributed by atoms with Gasteiger partial charge in [-0.1, -0.05) is 12.1 Å². The lowest BCUT2D eigenvalue weighted by molar-refractivity contribution is -0.116. The van der Waals surface area contributed by atoms with E-state index in [2.05, 4.69) is 10.3 Å². The number of fused-ring (bicyclic) bond motifs is 1. The van der Waals surface area contributed by atoms with Crippen LogP contribution in [0.1, 0.15) is 26.7 Å². The summed E-state index contributed by atoms with van der Waals surface area (Å²) in [4.78, 5) is 16.3. The van der Waals surface area contributed by atoms with Crippen LogP contribution in [0.25, 0.3) is 11.0 Å². The van der Waals surface area contributed by atoms with Gasteiger partial charge in [0.25, 0.3) is 0 Å². The quantitative estimate of drug-likeness (QED) is 0.890. The van der Waals surface area contributed by atoms with Crippen molar-refractivity contribution in [1.29, 1.82) is 0 Å². The lowest BCUT2D eigenvalue weighted by Crippen LogP contribution is -2.20. The first-order valence-electron chi connectivity index (χ1n) is 6.62. The van der Waals surface area contributed by atoms with Crippen molar-refractivity contribution in [3.63, 3.8) is 0 Å². The van der Waals surface area contributed by atoms with Crippen LogP contribution in [-0.2, 0) is 11.3 Å². The summed E-state index contributed by atoms with van der Waals surface area (Å²) < 4.78 is 2.00. The van der Waals surface area contributed by atoms with Gasteiger partial charge in [-0.25, -0.2) is 4.98 Å². The highest BCUT2D eigenvalue weighted by Crippen LogP contribution is 2.19. The minimum Gasteiger partial charge on any atom is -0.328 e. The Morgan fingerprint density at radius 3 is 2.80 bits per heavy atom. The van der Waals surface area contributed by atoms with Gasteiger partial charge < -0.3 is 10.3 Å². The summed E-state index contributed by atoms with van der Waals surface area (Å²) in [6.07, 6.45) is 1.10. The van der Waals surface area contributed by atoms with Crippen molar-refractivity contribution in [1.82, 2.24) is 9.55 Å². The molecule has 6 heteroatoms. The van der Waals surface area contributed by atoms with Crippen LogP contribution in [0.3, 0.4) is 0 Å². The maximum Gasteiger partial charge on any atom is 0.226 e. The second kappa shape index (κ2) is 7.26. The van der Waals surface area contributed by atoms with Gasteiger partial charge in [0.2, 0.25) is 11.9 Å². The summed E-state index contributed by atoms with van der Waals surface area (Å²) in [7, 11) is 0. The molecule has 20 heavy (non-hydrogen) atoms. The van der Waals surface area contributed by atoms with E-state index in [0.29, 0.717) is 18.8 Å². The van der Waals surface area contributed by atoms with E-state index in [1.54, 1.807) is 0 Å². The lowest BCUT2D eigenvalue weighted by Gasteiger charge is -2.08. The monoisotopic (exact) mass is 296 g/mol.